The van der Waals surface area contributed by atoms with Gasteiger partial charge in [0, 0.05) is 20.2 Å². The van der Waals surface area contributed by atoms with Gasteiger partial charge in [-0.1, -0.05) is 6.92 Å². The van der Waals surface area contributed by atoms with Crippen LogP contribution < -0.4 is 10.6 Å². The molecular weight excluding hydrogens is 244 g/mol. The number of nitrogens with zero attached hydrogens (tertiary/aromatic N) is 2. The Balaban J connectivity index is 2.13. The Labute approximate surface area is 112 Å². The topological polar surface area (TPSA) is 76.1 Å². The molecule has 2 N–H and O–H groups in total. The molecule has 19 heavy (non-hydrogen) atoms. The monoisotopic (exact) mass is 264 g/mol. The van der Waals surface area contributed by atoms with Crippen molar-refractivity contribution < 1.29 is 9.53 Å². The van der Waals surface area contributed by atoms with Crippen molar-refractivity contribution in [1.29, 1.82) is 0 Å². The van der Waals surface area contributed by atoms with Crippen molar-refractivity contribution in [3.05, 3.63) is 23.0 Å². The molecule has 1 aliphatic rings. The summed E-state index contributed by atoms with van der Waals surface area (Å²) >= 11 is 0. The fraction of sp³-hybridized carbons (Fsp3) is 0.615. The predicted octanol–water partition coefficient (Wildman–Crippen LogP) is 0.0640. The number of nitrogens with one attached hydrogen (secondary N) is 2. The van der Waals surface area contributed by atoms with E-state index in [4.69, 9.17) is 4.74 Å². The van der Waals surface area contributed by atoms with Crippen molar-refractivity contribution in [2.24, 2.45) is 0 Å². The molecule has 104 valence electrons. The Hall–Kier alpha value is -1.53. The number of aryl methyl sites for hydroxylation is 2. The number of carbonyl (C=O) groups is 1. The minimum absolute atomic E-state index is 0.00400. The van der Waals surface area contributed by atoms with E-state index in [1.165, 1.54) is 0 Å². The Morgan fingerprint density at radius 3 is 3.00 bits per heavy atom. The summed E-state index contributed by atoms with van der Waals surface area (Å²) < 4.78 is 5.34. The molecule has 1 aromatic rings. The molecule has 6 heteroatoms. The first kappa shape index (κ1) is 13.9. The maximum absolute atomic E-state index is 12.3. The van der Waals surface area contributed by atoms with Gasteiger partial charge in [-0.2, -0.15) is 10.2 Å². The van der Waals surface area contributed by atoms with Crippen molar-refractivity contribution in [3.63, 3.8) is 0 Å². The van der Waals surface area contributed by atoms with Crippen LogP contribution in [0.3, 0.4) is 0 Å². The number of carbonyl (C=O) groups excluding carboxylic acids is 1. The molecule has 0 saturated carbocycles. The van der Waals surface area contributed by atoms with Crippen LogP contribution in [-0.4, -0.2) is 48.4 Å². The third-order valence-corrected chi connectivity index (χ3v) is 3.35. The van der Waals surface area contributed by atoms with E-state index in [0.717, 1.165) is 24.5 Å². The average molecular weight is 264 g/mol. The molecular formula is C13H20N4O2. The maximum atomic E-state index is 12.3. The molecule has 0 aliphatic carbocycles. The molecule has 1 saturated heterocycles. The van der Waals surface area contributed by atoms with E-state index < -0.39 is 0 Å². The molecule has 2 heterocycles. The Kier molecular flexibility index (Phi) is 4.44. The molecule has 0 spiro atoms. The number of methoxy groups -OCH3 is 1. The van der Waals surface area contributed by atoms with Crippen molar-refractivity contribution in [2.75, 3.05) is 20.2 Å². The van der Waals surface area contributed by atoms with Crippen molar-refractivity contribution in [1.82, 2.24) is 20.8 Å². The third-order valence-electron chi connectivity index (χ3n) is 3.35. The van der Waals surface area contributed by atoms with E-state index in [1.54, 1.807) is 13.2 Å². The molecule has 2 atom stereocenters. The largest absolute Gasteiger partial charge is 0.378 e. The van der Waals surface area contributed by atoms with Crippen molar-refractivity contribution in [2.45, 2.75) is 32.4 Å². The van der Waals surface area contributed by atoms with Crippen LogP contribution in [0, 0.1) is 6.92 Å². The summed E-state index contributed by atoms with van der Waals surface area (Å²) in [6.45, 7) is 5.28. The van der Waals surface area contributed by atoms with Crippen LogP contribution in [0.15, 0.2) is 6.07 Å². The molecule has 0 aromatic carbocycles. The SMILES string of the molecule is CCc1nnc(C)cc1C(=O)NC1CNC[C@@H]1OC. The number of amides is 1. The molecule has 1 amide bonds. The number of ether oxygens (including phenoxy) is 1. The lowest BCUT2D eigenvalue weighted by Gasteiger charge is -2.19. The normalized spacial score (nSPS) is 22.5. The number of hydrogen-bond donors (Lipinski definition) is 2. The van der Waals surface area contributed by atoms with Gasteiger partial charge in [0.05, 0.1) is 29.1 Å². The van der Waals surface area contributed by atoms with Crippen LogP contribution in [0.1, 0.15) is 28.7 Å². The van der Waals surface area contributed by atoms with Crippen molar-refractivity contribution in [3.8, 4) is 0 Å². The van der Waals surface area contributed by atoms with Crippen LogP contribution in [0.2, 0.25) is 0 Å². The van der Waals surface area contributed by atoms with E-state index in [9.17, 15) is 4.79 Å². The van der Waals surface area contributed by atoms with Crippen LogP contribution in [-0.2, 0) is 11.2 Å². The molecule has 1 aromatic heterocycles. The summed E-state index contributed by atoms with van der Waals surface area (Å²) in [5.41, 5.74) is 2.08. The van der Waals surface area contributed by atoms with Gasteiger partial charge in [-0.3, -0.25) is 4.79 Å². The quantitative estimate of drug-likeness (QED) is 0.804. The summed E-state index contributed by atoms with van der Waals surface area (Å²) in [5, 5.41) is 14.3. The second-order valence-corrected chi connectivity index (χ2v) is 4.71. The molecule has 1 aliphatic heterocycles. The average Bonchev–Trinajstić information content (AvgIpc) is 2.85. The number of hydrogen-bond acceptors (Lipinski definition) is 5. The van der Waals surface area contributed by atoms with Crippen LogP contribution in [0.25, 0.3) is 0 Å². The number of aromatic nitrogens is 2. The standard InChI is InChI=1S/C13H20N4O2/c1-4-10-9(5-8(2)16-17-10)13(18)15-11-6-14-7-12(11)19-3/h5,11-12,14H,4,6-7H2,1-3H3,(H,15,18)/t11?,12-/m0/s1. The van der Waals surface area contributed by atoms with Gasteiger partial charge < -0.3 is 15.4 Å². The fourth-order valence-corrected chi connectivity index (χ4v) is 2.26. The smallest absolute Gasteiger partial charge is 0.253 e. The highest BCUT2D eigenvalue weighted by molar-refractivity contribution is 5.95. The molecule has 1 unspecified atom stereocenters. The minimum Gasteiger partial charge on any atom is -0.378 e. The first-order valence-electron chi connectivity index (χ1n) is 6.53. The van der Waals surface area contributed by atoms with Crippen LogP contribution in [0.5, 0.6) is 0 Å². The zero-order valence-corrected chi connectivity index (χ0v) is 11.6. The summed E-state index contributed by atoms with van der Waals surface area (Å²) in [7, 11) is 1.66. The molecule has 0 bridgehead atoms. The summed E-state index contributed by atoms with van der Waals surface area (Å²) in [6.07, 6.45) is 0.706. The van der Waals surface area contributed by atoms with Gasteiger partial charge in [0.15, 0.2) is 0 Å². The fourth-order valence-electron chi connectivity index (χ4n) is 2.26. The molecule has 2 rings (SSSR count). The van der Waals surface area contributed by atoms with Gasteiger partial charge in [-0.15, -0.1) is 0 Å². The lowest BCUT2D eigenvalue weighted by molar-refractivity contribution is 0.0778. The third kappa shape index (κ3) is 3.08. The first-order chi connectivity index (χ1) is 9.15. The molecule has 0 radical (unpaired) electrons. The second-order valence-electron chi connectivity index (χ2n) is 4.71. The predicted molar refractivity (Wildman–Crippen MR) is 71.1 cm³/mol. The lowest BCUT2D eigenvalue weighted by atomic mass is 10.1. The maximum Gasteiger partial charge on any atom is 0.253 e. The first-order valence-corrected chi connectivity index (χ1v) is 6.53. The van der Waals surface area contributed by atoms with Gasteiger partial charge in [-0.25, -0.2) is 0 Å². The van der Waals surface area contributed by atoms with Gasteiger partial charge in [-0.05, 0) is 19.4 Å². The summed E-state index contributed by atoms with van der Waals surface area (Å²) in [6, 6.07) is 1.78. The van der Waals surface area contributed by atoms with E-state index in [1.807, 2.05) is 13.8 Å². The Bertz CT molecular complexity index is 464. The highest BCUT2D eigenvalue weighted by Crippen LogP contribution is 2.10. The minimum atomic E-state index is -0.106. The second kappa shape index (κ2) is 6.08. The van der Waals surface area contributed by atoms with Crippen LogP contribution in [0.4, 0.5) is 0 Å². The van der Waals surface area contributed by atoms with E-state index in [0.29, 0.717) is 12.0 Å². The highest BCUT2D eigenvalue weighted by Gasteiger charge is 2.29. The summed E-state index contributed by atoms with van der Waals surface area (Å²) in [4.78, 5) is 12.3. The zero-order valence-electron chi connectivity index (χ0n) is 11.6. The zero-order chi connectivity index (χ0) is 13.8. The lowest BCUT2D eigenvalue weighted by Crippen LogP contribution is -2.43. The van der Waals surface area contributed by atoms with Gasteiger partial charge in [0.25, 0.3) is 5.91 Å². The van der Waals surface area contributed by atoms with Gasteiger partial charge >= 0.3 is 0 Å². The van der Waals surface area contributed by atoms with Gasteiger partial charge in [0.2, 0.25) is 0 Å². The van der Waals surface area contributed by atoms with E-state index in [-0.39, 0.29) is 18.1 Å². The van der Waals surface area contributed by atoms with Crippen LogP contribution >= 0.6 is 0 Å². The van der Waals surface area contributed by atoms with E-state index >= 15 is 0 Å². The molecule has 1 fully saturated rings. The Morgan fingerprint density at radius 2 is 2.32 bits per heavy atom. The van der Waals surface area contributed by atoms with Gasteiger partial charge in [0.1, 0.15) is 0 Å². The van der Waals surface area contributed by atoms with Crippen molar-refractivity contribution >= 4 is 5.91 Å². The van der Waals surface area contributed by atoms with E-state index in [2.05, 4.69) is 20.8 Å². The highest BCUT2D eigenvalue weighted by atomic mass is 16.5. The summed E-state index contributed by atoms with van der Waals surface area (Å²) in [5.74, 6) is -0.106. The molecule has 6 nitrogen and oxygen atoms in total. The number of rotatable bonds is 4. The Morgan fingerprint density at radius 1 is 1.53 bits per heavy atom.